The van der Waals surface area contributed by atoms with Gasteiger partial charge in [0.05, 0.1) is 19.0 Å². The number of nitrogens with two attached hydrogens (primary N) is 1. The van der Waals surface area contributed by atoms with Crippen LogP contribution in [0.3, 0.4) is 0 Å². The molecule has 1 rings (SSSR count). The summed E-state index contributed by atoms with van der Waals surface area (Å²) >= 11 is 0. The fourth-order valence-electron chi connectivity index (χ4n) is 2.09. The number of hydrogen-bond donors (Lipinski definition) is 3. The smallest absolute Gasteiger partial charge is 0.352 e. The van der Waals surface area contributed by atoms with E-state index in [1.54, 1.807) is 0 Å². The number of carbonyl (C=O) groups excluding carboxylic acids is 2. The minimum absolute atomic E-state index is 0. The van der Waals surface area contributed by atoms with Crippen LogP contribution >= 0.6 is 12.4 Å². The summed E-state index contributed by atoms with van der Waals surface area (Å²) in [5.74, 6) is -2.12. The number of nitrogens with one attached hydrogen (secondary N) is 2. The van der Waals surface area contributed by atoms with Gasteiger partial charge in [-0.05, 0) is 25.7 Å². The van der Waals surface area contributed by atoms with Crippen LogP contribution in [0.5, 0.6) is 0 Å². The number of halogens is 4. The third-order valence-electron chi connectivity index (χ3n) is 3.19. The molecular formula is C11H19ClF3N3O2. The maximum absolute atomic E-state index is 12.4. The molecule has 2 amide bonds. The molecule has 0 atom stereocenters. The molecule has 0 saturated heterocycles. The molecule has 1 fully saturated rings. The molecule has 9 heteroatoms. The Balaban J connectivity index is 0.00000361. The molecule has 0 bridgehead atoms. The van der Waals surface area contributed by atoms with Gasteiger partial charge in [-0.3, -0.25) is 9.59 Å². The van der Waals surface area contributed by atoms with Crippen molar-refractivity contribution in [1.29, 1.82) is 0 Å². The van der Waals surface area contributed by atoms with Crippen LogP contribution in [0, 0.1) is 5.92 Å². The number of hydrogen-bond acceptors (Lipinski definition) is 3. The van der Waals surface area contributed by atoms with Crippen LogP contribution in [0.4, 0.5) is 13.2 Å². The molecule has 20 heavy (non-hydrogen) atoms. The van der Waals surface area contributed by atoms with Gasteiger partial charge in [-0.1, -0.05) is 0 Å². The van der Waals surface area contributed by atoms with Crippen molar-refractivity contribution in [2.45, 2.75) is 37.9 Å². The van der Waals surface area contributed by atoms with Crippen LogP contribution in [0.1, 0.15) is 25.7 Å². The lowest BCUT2D eigenvalue weighted by Gasteiger charge is -2.30. The van der Waals surface area contributed by atoms with E-state index in [0.29, 0.717) is 12.8 Å². The number of carbonyl (C=O) groups is 2. The van der Waals surface area contributed by atoms with E-state index in [1.165, 1.54) is 0 Å². The van der Waals surface area contributed by atoms with Crippen molar-refractivity contribution in [1.82, 2.24) is 10.6 Å². The van der Waals surface area contributed by atoms with Crippen LogP contribution in [0.25, 0.3) is 0 Å². The summed E-state index contributed by atoms with van der Waals surface area (Å²) in [5, 5.41) is 4.91. The summed E-state index contributed by atoms with van der Waals surface area (Å²) in [5.41, 5.74) is 5.05. The van der Waals surface area contributed by atoms with E-state index in [9.17, 15) is 22.8 Å². The molecule has 0 aromatic rings. The van der Waals surface area contributed by atoms with Crippen LogP contribution in [0.2, 0.25) is 0 Å². The van der Waals surface area contributed by atoms with Crippen molar-refractivity contribution in [2.24, 2.45) is 11.7 Å². The van der Waals surface area contributed by atoms with Crippen molar-refractivity contribution in [2.75, 3.05) is 13.1 Å². The summed E-state index contributed by atoms with van der Waals surface area (Å²) < 4.78 is 37.3. The quantitative estimate of drug-likeness (QED) is 0.714. The molecule has 0 spiro atoms. The largest absolute Gasteiger partial charge is 0.391 e. The molecule has 118 valence electrons. The SMILES string of the molecule is Cl.NCC(=O)NCC(=O)NC1CCC(C(F)(F)F)CC1. The van der Waals surface area contributed by atoms with Gasteiger partial charge in [-0.25, -0.2) is 0 Å². The van der Waals surface area contributed by atoms with Gasteiger partial charge in [0.15, 0.2) is 0 Å². The van der Waals surface area contributed by atoms with Crippen molar-refractivity contribution in [3.05, 3.63) is 0 Å². The monoisotopic (exact) mass is 317 g/mol. The van der Waals surface area contributed by atoms with Gasteiger partial charge in [0, 0.05) is 6.04 Å². The van der Waals surface area contributed by atoms with Crippen molar-refractivity contribution >= 4 is 24.2 Å². The Kier molecular flexibility index (Phi) is 7.88. The molecule has 0 aromatic carbocycles. The van der Waals surface area contributed by atoms with Gasteiger partial charge in [0.2, 0.25) is 11.8 Å². The molecule has 0 heterocycles. The Morgan fingerprint density at radius 3 is 2.10 bits per heavy atom. The zero-order valence-corrected chi connectivity index (χ0v) is 11.6. The summed E-state index contributed by atoms with van der Waals surface area (Å²) in [6, 6.07) is -0.249. The normalized spacial score (nSPS) is 22.6. The Labute approximate surface area is 121 Å². The van der Waals surface area contributed by atoms with Gasteiger partial charge < -0.3 is 16.4 Å². The minimum atomic E-state index is -4.15. The van der Waals surface area contributed by atoms with Crippen molar-refractivity contribution in [3.8, 4) is 0 Å². The second-order valence-electron chi connectivity index (χ2n) is 4.64. The average molecular weight is 318 g/mol. The molecular weight excluding hydrogens is 299 g/mol. The van der Waals surface area contributed by atoms with Gasteiger partial charge in [-0.2, -0.15) is 13.2 Å². The summed E-state index contributed by atoms with van der Waals surface area (Å²) in [6.07, 6.45) is -3.47. The van der Waals surface area contributed by atoms with E-state index in [2.05, 4.69) is 10.6 Å². The van der Waals surface area contributed by atoms with Crippen LogP contribution in [0.15, 0.2) is 0 Å². The van der Waals surface area contributed by atoms with E-state index in [0.717, 1.165) is 0 Å². The summed E-state index contributed by atoms with van der Waals surface area (Å²) in [6.45, 7) is -0.404. The second kappa shape index (κ2) is 8.31. The van der Waals surface area contributed by atoms with Gasteiger partial charge in [-0.15, -0.1) is 12.4 Å². The predicted molar refractivity (Wildman–Crippen MR) is 69.3 cm³/mol. The van der Waals surface area contributed by atoms with Crippen LogP contribution in [-0.4, -0.2) is 37.1 Å². The van der Waals surface area contributed by atoms with E-state index in [1.807, 2.05) is 0 Å². The topological polar surface area (TPSA) is 84.2 Å². The molecule has 0 unspecified atom stereocenters. The highest BCUT2D eigenvalue weighted by Gasteiger charge is 2.41. The van der Waals surface area contributed by atoms with E-state index in [-0.39, 0.29) is 44.4 Å². The number of amides is 2. The highest BCUT2D eigenvalue weighted by Crippen LogP contribution is 2.37. The molecule has 1 aliphatic rings. The zero-order valence-electron chi connectivity index (χ0n) is 10.8. The lowest BCUT2D eigenvalue weighted by Crippen LogP contribution is -2.45. The first-order valence-corrected chi connectivity index (χ1v) is 6.15. The molecule has 1 saturated carbocycles. The lowest BCUT2D eigenvalue weighted by atomic mass is 9.85. The van der Waals surface area contributed by atoms with E-state index < -0.39 is 23.9 Å². The maximum Gasteiger partial charge on any atom is 0.391 e. The third-order valence-corrected chi connectivity index (χ3v) is 3.19. The van der Waals surface area contributed by atoms with Gasteiger partial charge >= 0.3 is 6.18 Å². The van der Waals surface area contributed by atoms with Crippen molar-refractivity contribution < 1.29 is 22.8 Å². The first-order valence-electron chi connectivity index (χ1n) is 6.15. The molecule has 4 N–H and O–H groups in total. The molecule has 0 aromatic heterocycles. The molecule has 5 nitrogen and oxygen atoms in total. The summed E-state index contributed by atoms with van der Waals surface area (Å²) in [4.78, 5) is 22.2. The highest BCUT2D eigenvalue weighted by atomic mass is 35.5. The average Bonchev–Trinajstić information content (AvgIpc) is 2.35. The van der Waals surface area contributed by atoms with E-state index >= 15 is 0 Å². The zero-order chi connectivity index (χ0) is 14.5. The maximum atomic E-state index is 12.4. The standard InChI is InChI=1S/C11H18F3N3O2.ClH/c12-11(13,14)7-1-3-8(4-2-7)17-10(19)6-16-9(18)5-15;/h7-8H,1-6,15H2,(H,16,18)(H,17,19);1H. The summed E-state index contributed by atoms with van der Waals surface area (Å²) in [7, 11) is 0. The Hall–Kier alpha value is -1.02. The highest BCUT2D eigenvalue weighted by molar-refractivity contribution is 5.85. The van der Waals surface area contributed by atoms with Gasteiger partial charge in [0.25, 0.3) is 0 Å². The third kappa shape index (κ3) is 6.42. The van der Waals surface area contributed by atoms with Crippen LogP contribution in [-0.2, 0) is 9.59 Å². The molecule has 0 aliphatic heterocycles. The molecule has 0 radical (unpaired) electrons. The predicted octanol–water partition coefficient (Wildman–Crippen LogP) is 0.720. The number of rotatable bonds is 4. The van der Waals surface area contributed by atoms with Crippen molar-refractivity contribution in [3.63, 3.8) is 0 Å². The second-order valence-corrected chi connectivity index (χ2v) is 4.64. The first kappa shape index (κ1) is 19.0. The molecule has 1 aliphatic carbocycles. The fraction of sp³-hybridized carbons (Fsp3) is 0.818. The van der Waals surface area contributed by atoms with Crippen LogP contribution < -0.4 is 16.4 Å². The van der Waals surface area contributed by atoms with E-state index in [4.69, 9.17) is 5.73 Å². The first-order chi connectivity index (χ1) is 8.82. The fourth-order valence-corrected chi connectivity index (χ4v) is 2.09. The Morgan fingerprint density at radius 1 is 1.10 bits per heavy atom. The lowest BCUT2D eigenvalue weighted by molar-refractivity contribution is -0.182. The minimum Gasteiger partial charge on any atom is -0.352 e. The Morgan fingerprint density at radius 2 is 1.65 bits per heavy atom. The number of alkyl halides is 3. The Bertz CT molecular complexity index is 331. The van der Waals surface area contributed by atoms with Gasteiger partial charge in [0.1, 0.15) is 0 Å².